The van der Waals surface area contributed by atoms with Crippen LogP contribution in [0.2, 0.25) is 0 Å². The summed E-state index contributed by atoms with van der Waals surface area (Å²) in [6.45, 7) is 0.226. The van der Waals surface area contributed by atoms with Crippen molar-refractivity contribution in [3.8, 4) is 6.07 Å². The van der Waals surface area contributed by atoms with E-state index in [0.717, 1.165) is 16.9 Å². The molecular weight excluding hydrogens is 252 g/mol. The Morgan fingerprint density at radius 1 is 1.39 bits per heavy atom. The van der Waals surface area contributed by atoms with Crippen LogP contribution in [-0.2, 0) is 16.4 Å². The molecule has 0 fully saturated rings. The molecule has 0 amide bonds. The van der Waals surface area contributed by atoms with Crippen LogP contribution in [0.1, 0.15) is 5.82 Å². The minimum Gasteiger partial charge on any atom is -0.342 e. The lowest BCUT2D eigenvalue weighted by Crippen LogP contribution is -2.28. The molecule has 7 heteroatoms. The maximum atomic E-state index is 11.2. The number of nitrogens with zero attached hydrogens (tertiary/aromatic N) is 2. The van der Waals surface area contributed by atoms with Gasteiger partial charge in [-0.15, -0.1) is 0 Å². The van der Waals surface area contributed by atoms with Gasteiger partial charge in [0.15, 0.2) is 5.75 Å². The first-order chi connectivity index (χ1) is 8.61. The van der Waals surface area contributed by atoms with Crippen molar-refractivity contribution in [2.24, 2.45) is 0 Å². The predicted molar refractivity (Wildman–Crippen MR) is 67.2 cm³/mol. The molecule has 18 heavy (non-hydrogen) atoms. The van der Waals surface area contributed by atoms with Crippen LogP contribution in [0.3, 0.4) is 0 Å². The molecule has 94 valence electrons. The summed E-state index contributed by atoms with van der Waals surface area (Å²) < 4.78 is 24.8. The standard InChI is InChI=1S/C11H12N4O2S/c12-6-8-18(16,17)13-7-5-11-14-9-3-1-2-4-10(9)15-11/h1-4,13H,5,7-8H2,(H,14,15). The summed E-state index contributed by atoms with van der Waals surface area (Å²) in [6.07, 6.45) is 0.458. The van der Waals surface area contributed by atoms with Gasteiger partial charge in [-0.25, -0.2) is 18.1 Å². The van der Waals surface area contributed by atoms with Crippen molar-refractivity contribution >= 4 is 21.1 Å². The van der Waals surface area contributed by atoms with E-state index in [-0.39, 0.29) is 6.54 Å². The van der Waals surface area contributed by atoms with Gasteiger partial charge in [0, 0.05) is 13.0 Å². The van der Waals surface area contributed by atoms with Gasteiger partial charge in [-0.2, -0.15) is 5.26 Å². The highest BCUT2D eigenvalue weighted by Gasteiger charge is 2.09. The maximum absolute atomic E-state index is 11.2. The number of hydrogen-bond donors (Lipinski definition) is 2. The van der Waals surface area contributed by atoms with Crippen LogP contribution < -0.4 is 4.72 Å². The molecule has 0 saturated heterocycles. The van der Waals surface area contributed by atoms with E-state index < -0.39 is 15.8 Å². The number of imidazole rings is 1. The molecule has 1 heterocycles. The molecule has 0 spiro atoms. The summed E-state index contributed by atoms with van der Waals surface area (Å²) in [4.78, 5) is 7.43. The van der Waals surface area contributed by atoms with E-state index in [2.05, 4.69) is 14.7 Å². The number of nitriles is 1. The van der Waals surface area contributed by atoms with Gasteiger partial charge in [-0.1, -0.05) is 12.1 Å². The van der Waals surface area contributed by atoms with Gasteiger partial charge in [0.2, 0.25) is 10.0 Å². The third kappa shape index (κ3) is 3.06. The SMILES string of the molecule is N#CCS(=O)(=O)NCCc1nc2ccccc2[nH]1. The number of H-pyrrole nitrogens is 1. The summed E-state index contributed by atoms with van der Waals surface area (Å²) in [5.74, 6) is 0.198. The van der Waals surface area contributed by atoms with E-state index >= 15 is 0 Å². The highest BCUT2D eigenvalue weighted by atomic mass is 32.2. The second kappa shape index (κ2) is 5.16. The number of fused-ring (bicyclic) bond motifs is 1. The molecule has 0 aliphatic heterocycles. The Labute approximate surface area is 105 Å². The van der Waals surface area contributed by atoms with Gasteiger partial charge in [-0.3, -0.25) is 0 Å². The maximum Gasteiger partial charge on any atom is 0.225 e. The van der Waals surface area contributed by atoms with Gasteiger partial charge >= 0.3 is 0 Å². The van der Waals surface area contributed by atoms with Gasteiger partial charge in [0.1, 0.15) is 5.82 Å². The van der Waals surface area contributed by atoms with E-state index in [0.29, 0.717) is 6.42 Å². The van der Waals surface area contributed by atoms with Crippen molar-refractivity contribution < 1.29 is 8.42 Å². The van der Waals surface area contributed by atoms with Crippen molar-refractivity contribution in [1.82, 2.24) is 14.7 Å². The zero-order valence-electron chi connectivity index (χ0n) is 9.55. The van der Waals surface area contributed by atoms with Crippen molar-refractivity contribution in [2.45, 2.75) is 6.42 Å². The number of benzene rings is 1. The number of hydrogen-bond acceptors (Lipinski definition) is 4. The molecule has 1 aromatic heterocycles. The Morgan fingerprint density at radius 2 is 2.17 bits per heavy atom. The normalized spacial score (nSPS) is 11.5. The van der Waals surface area contributed by atoms with Crippen molar-refractivity contribution in [2.75, 3.05) is 12.3 Å². The fourth-order valence-electron chi connectivity index (χ4n) is 1.58. The first-order valence-corrected chi connectivity index (χ1v) is 7.04. The van der Waals surface area contributed by atoms with Crippen molar-refractivity contribution in [3.05, 3.63) is 30.1 Å². The fraction of sp³-hybridized carbons (Fsp3) is 0.273. The van der Waals surface area contributed by atoms with Crippen LogP contribution >= 0.6 is 0 Å². The highest BCUT2D eigenvalue weighted by molar-refractivity contribution is 7.89. The Bertz CT molecular complexity index is 651. The average molecular weight is 264 g/mol. The van der Waals surface area contributed by atoms with Gasteiger partial charge in [0.25, 0.3) is 0 Å². The summed E-state index contributed by atoms with van der Waals surface area (Å²) in [7, 11) is -3.48. The molecule has 2 N–H and O–H groups in total. The summed E-state index contributed by atoms with van der Waals surface area (Å²) >= 11 is 0. The Morgan fingerprint density at radius 3 is 2.89 bits per heavy atom. The molecule has 0 radical (unpaired) electrons. The minimum atomic E-state index is -3.48. The fourth-order valence-corrected chi connectivity index (χ4v) is 2.27. The molecule has 0 saturated carbocycles. The van der Waals surface area contributed by atoms with Crippen LogP contribution in [-0.4, -0.2) is 30.7 Å². The molecule has 6 nitrogen and oxygen atoms in total. The second-order valence-electron chi connectivity index (χ2n) is 3.76. The van der Waals surface area contributed by atoms with Crippen LogP contribution in [0, 0.1) is 11.3 Å². The van der Waals surface area contributed by atoms with Crippen LogP contribution in [0.25, 0.3) is 11.0 Å². The number of para-hydroxylation sites is 2. The lowest BCUT2D eigenvalue weighted by atomic mass is 10.3. The largest absolute Gasteiger partial charge is 0.342 e. The zero-order valence-corrected chi connectivity index (χ0v) is 10.4. The van der Waals surface area contributed by atoms with Crippen molar-refractivity contribution in [1.29, 1.82) is 5.26 Å². The molecule has 0 unspecified atom stereocenters. The Balaban J connectivity index is 1.97. The van der Waals surface area contributed by atoms with Crippen LogP contribution in [0.5, 0.6) is 0 Å². The number of nitrogens with one attached hydrogen (secondary N) is 2. The van der Waals surface area contributed by atoms with E-state index in [1.165, 1.54) is 0 Å². The lowest BCUT2D eigenvalue weighted by Gasteiger charge is -2.00. The monoisotopic (exact) mass is 264 g/mol. The summed E-state index contributed by atoms with van der Waals surface area (Å²) in [5.41, 5.74) is 1.78. The van der Waals surface area contributed by atoms with Gasteiger partial charge in [-0.05, 0) is 12.1 Å². The molecule has 1 aromatic carbocycles. The first-order valence-electron chi connectivity index (χ1n) is 5.38. The van der Waals surface area contributed by atoms with E-state index in [9.17, 15) is 8.42 Å². The zero-order chi connectivity index (χ0) is 13.0. The molecule has 0 aliphatic carbocycles. The van der Waals surface area contributed by atoms with E-state index in [4.69, 9.17) is 5.26 Å². The lowest BCUT2D eigenvalue weighted by molar-refractivity contribution is 0.584. The molecule has 2 aromatic rings. The van der Waals surface area contributed by atoms with Gasteiger partial charge < -0.3 is 4.98 Å². The number of aromatic amines is 1. The van der Waals surface area contributed by atoms with E-state index in [1.807, 2.05) is 24.3 Å². The van der Waals surface area contributed by atoms with E-state index in [1.54, 1.807) is 6.07 Å². The summed E-state index contributed by atoms with van der Waals surface area (Å²) in [5, 5.41) is 8.33. The average Bonchev–Trinajstić information content (AvgIpc) is 2.71. The predicted octanol–water partition coefficient (Wildman–Crippen LogP) is 0.548. The third-order valence-electron chi connectivity index (χ3n) is 2.38. The molecule has 0 aliphatic rings. The number of rotatable bonds is 5. The topological polar surface area (TPSA) is 98.6 Å². The highest BCUT2D eigenvalue weighted by Crippen LogP contribution is 2.10. The van der Waals surface area contributed by atoms with Gasteiger partial charge in [0.05, 0.1) is 17.1 Å². The Kier molecular flexibility index (Phi) is 3.60. The number of sulfonamides is 1. The van der Waals surface area contributed by atoms with Crippen molar-refractivity contribution in [3.63, 3.8) is 0 Å². The molecule has 0 bridgehead atoms. The quantitative estimate of drug-likeness (QED) is 0.823. The second-order valence-corrected chi connectivity index (χ2v) is 5.57. The number of aromatic nitrogens is 2. The first kappa shape index (κ1) is 12.5. The Hall–Kier alpha value is -1.91. The minimum absolute atomic E-state index is 0.226. The molecule has 0 atom stereocenters. The van der Waals surface area contributed by atoms with Crippen LogP contribution in [0.15, 0.2) is 24.3 Å². The summed E-state index contributed by atoms with van der Waals surface area (Å²) in [6, 6.07) is 9.19. The third-order valence-corrected chi connectivity index (χ3v) is 3.53. The molecule has 2 rings (SSSR count). The molecular formula is C11H12N4O2S. The smallest absolute Gasteiger partial charge is 0.225 e. The van der Waals surface area contributed by atoms with Crippen LogP contribution in [0.4, 0.5) is 0 Å².